The van der Waals surface area contributed by atoms with E-state index < -0.39 is 23.9 Å². The minimum Gasteiger partial charge on any atom is -0.361 e. The summed E-state index contributed by atoms with van der Waals surface area (Å²) in [4.78, 5) is 0. The Morgan fingerprint density at radius 3 is 2.59 bits per heavy atom. The van der Waals surface area contributed by atoms with Crippen LogP contribution in [0, 0.1) is 23.6 Å². The minimum atomic E-state index is -4.83. The van der Waals surface area contributed by atoms with Gasteiger partial charge in [0.25, 0.3) is 0 Å². The van der Waals surface area contributed by atoms with E-state index in [9.17, 15) is 22.7 Å². The lowest BCUT2D eigenvalue weighted by atomic mass is 9.86. The van der Waals surface area contributed by atoms with Crippen molar-refractivity contribution in [2.24, 2.45) is 5.92 Å². The number of halogens is 5. The molecule has 0 spiro atoms. The SMILES string of the molecule is OC1Nc2cc(Br)c(F)cc2C(C#CC2CC2)(C(F)(F)F)N1. The van der Waals surface area contributed by atoms with Gasteiger partial charge in [-0.1, -0.05) is 11.8 Å². The fourth-order valence-electron chi connectivity index (χ4n) is 2.29. The number of aliphatic hydroxyl groups is 1. The zero-order chi connectivity index (χ0) is 16.1. The number of nitrogens with one attached hydrogen (secondary N) is 2. The Morgan fingerprint density at radius 2 is 2.00 bits per heavy atom. The van der Waals surface area contributed by atoms with E-state index in [1.54, 1.807) is 0 Å². The van der Waals surface area contributed by atoms with Crippen molar-refractivity contribution in [3.05, 3.63) is 28.0 Å². The Balaban J connectivity index is 2.22. The third kappa shape index (κ3) is 2.57. The highest BCUT2D eigenvalue weighted by Crippen LogP contribution is 2.45. The smallest absolute Gasteiger partial charge is 0.361 e. The lowest BCUT2D eigenvalue weighted by molar-refractivity contribution is -0.190. The van der Waals surface area contributed by atoms with E-state index in [0.29, 0.717) is 0 Å². The molecule has 2 atom stereocenters. The van der Waals surface area contributed by atoms with E-state index in [0.717, 1.165) is 25.0 Å². The first-order chi connectivity index (χ1) is 10.2. The van der Waals surface area contributed by atoms with Crippen LogP contribution in [0.1, 0.15) is 18.4 Å². The zero-order valence-electron chi connectivity index (χ0n) is 11.1. The highest BCUT2D eigenvalue weighted by Gasteiger charge is 2.59. The largest absolute Gasteiger partial charge is 0.422 e. The molecule has 0 amide bonds. The highest BCUT2D eigenvalue weighted by atomic mass is 79.9. The summed E-state index contributed by atoms with van der Waals surface area (Å²) in [7, 11) is 0. The van der Waals surface area contributed by atoms with Crippen LogP contribution in [0.5, 0.6) is 0 Å². The molecule has 3 nitrogen and oxygen atoms in total. The van der Waals surface area contributed by atoms with Gasteiger partial charge in [0, 0.05) is 17.2 Å². The molecule has 22 heavy (non-hydrogen) atoms. The molecule has 3 N–H and O–H groups in total. The molecular formula is C14H11BrF4N2O. The van der Waals surface area contributed by atoms with Crippen LogP contribution in [-0.2, 0) is 5.54 Å². The highest BCUT2D eigenvalue weighted by molar-refractivity contribution is 9.10. The Hall–Kier alpha value is -1.30. The van der Waals surface area contributed by atoms with Gasteiger partial charge in [-0.2, -0.15) is 13.2 Å². The van der Waals surface area contributed by atoms with Gasteiger partial charge in [0.2, 0.25) is 5.54 Å². The van der Waals surface area contributed by atoms with Crippen LogP contribution in [-0.4, -0.2) is 17.6 Å². The summed E-state index contributed by atoms with van der Waals surface area (Å²) in [5.41, 5.74) is -3.22. The molecule has 0 saturated heterocycles. The monoisotopic (exact) mass is 378 g/mol. The topological polar surface area (TPSA) is 44.3 Å². The second-order valence-corrected chi connectivity index (χ2v) is 6.15. The van der Waals surface area contributed by atoms with Crippen LogP contribution in [0.3, 0.4) is 0 Å². The average molecular weight is 379 g/mol. The molecule has 2 unspecified atom stereocenters. The molecule has 1 heterocycles. The molecule has 8 heteroatoms. The van der Waals surface area contributed by atoms with Gasteiger partial charge >= 0.3 is 6.18 Å². The molecule has 3 rings (SSSR count). The van der Waals surface area contributed by atoms with Crippen LogP contribution in [0.2, 0.25) is 0 Å². The summed E-state index contributed by atoms with van der Waals surface area (Å²) in [5.74, 6) is 3.86. The molecule has 0 bridgehead atoms. The van der Waals surface area contributed by atoms with Crippen molar-refractivity contribution in [3.8, 4) is 11.8 Å². The van der Waals surface area contributed by atoms with E-state index in [4.69, 9.17) is 0 Å². The van der Waals surface area contributed by atoms with E-state index in [-0.39, 0.29) is 21.6 Å². The van der Waals surface area contributed by atoms with Gasteiger partial charge in [0.1, 0.15) is 5.82 Å². The van der Waals surface area contributed by atoms with Gasteiger partial charge in [-0.05, 0) is 40.9 Å². The molecule has 0 radical (unpaired) electrons. The molecule has 1 aliphatic heterocycles. The minimum absolute atomic E-state index is 0.000855. The Labute approximate surface area is 132 Å². The lowest BCUT2D eigenvalue weighted by Gasteiger charge is -2.40. The molecule has 0 aromatic heterocycles. The van der Waals surface area contributed by atoms with Crippen LogP contribution >= 0.6 is 15.9 Å². The number of alkyl halides is 3. The van der Waals surface area contributed by atoms with Gasteiger partial charge < -0.3 is 10.4 Å². The molecule has 1 saturated carbocycles. The molecule has 1 aromatic carbocycles. The third-order valence-electron chi connectivity index (χ3n) is 3.58. The molecular weight excluding hydrogens is 368 g/mol. The van der Waals surface area contributed by atoms with E-state index in [1.807, 2.05) is 5.32 Å². The quantitative estimate of drug-likeness (QED) is 0.480. The van der Waals surface area contributed by atoms with Gasteiger partial charge in [-0.15, -0.1) is 0 Å². The maximum Gasteiger partial charge on any atom is 0.422 e. The second-order valence-electron chi connectivity index (χ2n) is 5.29. The van der Waals surface area contributed by atoms with Crippen LogP contribution < -0.4 is 10.6 Å². The van der Waals surface area contributed by atoms with Crippen molar-refractivity contribution in [1.29, 1.82) is 0 Å². The normalized spacial score (nSPS) is 27.5. The zero-order valence-corrected chi connectivity index (χ0v) is 12.6. The lowest BCUT2D eigenvalue weighted by Crippen LogP contribution is -2.61. The van der Waals surface area contributed by atoms with Gasteiger partial charge in [0.15, 0.2) is 6.35 Å². The Bertz CT molecular complexity index is 678. The van der Waals surface area contributed by atoms with Crippen LogP contribution in [0.4, 0.5) is 23.2 Å². The summed E-state index contributed by atoms with van der Waals surface area (Å²) in [6, 6.07) is 1.94. The maximum absolute atomic E-state index is 13.8. The fourth-order valence-corrected chi connectivity index (χ4v) is 2.63. The Morgan fingerprint density at radius 1 is 1.32 bits per heavy atom. The number of aliphatic hydroxyl groups excluding tert-OH is 1. The summed E-state index contributed by atoms with van der Waals surface area (Å²) in [6.45, 7) is 0. The predicted molar refractivity (Wildman–Crippen MR) is 75.1 cm³/mol. The molecule has 1 aliphatic carbocycles. The summed E-state index contributed by atoms with van der Waals surface area (Å²) in [6.07, 6.45) is -4.97. The molecule has 1 aromatic rings. The predicted octanol–water partition coefficient (Wildman–Crippen LogP) is 3.05. The first-order valence-electron chi connectivity index (χ1n) is 6.54. The van der Waals surface area contributed by atoms with E-state index in [2.05, 4.69) is 33.1 Å². The van der Waals surface area contributed by atoms with Crippen LogP contribution in [0.25, 0.3) is 0 Å². The van der Waals surface area contributed by atoms with Crippen molar-refractivity contribution in [1.82, 2.24) is 5.32 Å². The van der Waals surface area contributed by atoms with Crippen molar-refractivity contribution in [2.75, 3.05) is 5.32 Å². The molecule has 2 aliphatic rings. The average Bonchev–Trinajstić information content (AvgIpc) is 3.21. The van der Waals surface area contributed by atoms with Crippen molar-refractivity contribution < 1.29 is 22.7 Å². The van der Waals surface area contributed by atoms with E-state index >= 15 is 0 Å². The maximum atomic E-state index is 13.8. The number of fused-ring (bicyclic) bond motifs is 1. The Kier molecular flexibility index (Phi) is 3.62. The van der Waals surface area contributed by atoms with Crippen molar-refractivity contribution >= 4 is 21.6 Å². The molecule has 118 valence electrons. The number of anilines is 1. The van der Waals surface area contributed by atoms with Crippen molar-refractivity contribution in [3.63, 3.8) is 0 Å². The first kappa shape index (κ1) is 15.6. The first-order valence-corrected chi connectivity index (χ1v) is 7.33. The third-order valence-corrected chi connectivity index (χ3v) is 4.18. The standard InChI is InChI=1S/C14H11BrF4N2O/c15-9-6-11-8(5-10(9)16)13(14(17,18)19,21-12(22)20-11)4-3-7-1-2-7/h5-7,12,20-22H,1-2H2. The second kappa shape index (κ2) is 5.11. The van der Waals surface area contributed by atoms with Gasteiger partial charge in [-0.3, -0.25) is 0 Å². The number of hydrogen-bond acceptors (Lipinski definition) is 3. The van der Waals surface area contributed by atoms with E-state index in [1.165, 1.54) is 0 Å². The van der Waals surface area contributed by atoms with Crippen LogP contribution in [0.15, 0.2) is 16.6 Å². The summed E-state index contributed by atoms with van der Waals surface area (Å²) >= 11 is 2.92. The molecule has 1 fully saturated rings. The van der Waals surface area contributed by atoms with Gasteiger partial charge in [-0.25, -0.2) is 9.71 Å². The number of hydrogen-bond donors (Lipinski definition) is 3. The number of rotatable bonds is 0. The number of benzene rings is 1. The van der Waals surface area contributed by atoms with Gasteiger partial charge in [0.05, 0.1) is 4.47 Å². The van der Waals surface area contributed by atoms with Crippen molar-refractivity contribution in [2.45, 2.75) is 30.9 Å². The fraction of sp³-hybridized carbons (Fsp3) is 0.429. The summed E-state index contributed by atoms with van der Waals surface area (Å²) < 4.78 is 54.9. The summed E-state index contributed by atoms with van der Waals surface area (Å²) in [5, 5.41) is 14.2.